The molecule has 5 amide bonds. The fourth-order valence-electron chi connectivity index (χ4n) is 3.10. The van der Waals surface area contributed by atoms with Gasteiger partial charge in [-0.05, 0) is 57.2 Å². The number of nitrogens with one attached hydrogen (secondary N) is 3. The molecular formula is C21H22N4O4. The van der Waals surface area contributed by atoms with Crippen LogP contribution in [0.5, 0.6) is 0 Å². The average Bonchev–Trinajstić information content (AvgIpc) is 2.85. The largest absolute Gasteiger partial charge is 0.326 e. The first-order valence-electron chi connectivity index (χ1n) is 9.05. The predicted molar refractivity (Wildman–Crippen MR) is 110 cm³/mol. The quantitative estimate of drug-likeness (QED) is 0.690. The maximum absolute atomic E-state index is 12.7. The molecule has 0 unspecified atom stereocenters. The van der Waals surface area contributed by atoms with Crippen molar-refractivity contribution < 1.29 is 19.2 Å². The van der Waals surface area contributed by atoms with Gasteiger partial charge in [0.15, 0.2) is 0 Å². The molecule has 0 fully saturated rings. The Bertz CT molecular complexity index is 1020. The number of carbonyl (C=O) groups excluding carboxylic acids is 4. The number of hydrogen-bond donors (Lipinski definition) is 3. The van der Waals surface area contributed by atoms with Crippen molar-refractivity contribution in [1.82, 2.24) is 4.90 Å². The van der Waals surface area contributed by atoms with Gasteiger partial charge in [-0.1, -0.05) is 6.07 Å². The second kappa shape index (κ2) is 7.38. The van der Waals surface area contributed by atoms with Crippen LogP contribution in [0.3, 0.4) is 0 Å². The Labute approximate surface area is 168 Å². The van der Waals surface area contributed by atoms with E-state index in [-0.39, 0.29) is 23.3 Å². The summed E-state index contributed by atoms with van der Waals surface area (Å²) in [7, 11) is 0. The first kappa shape index (κ1) is 20.1. The van der Waals surface area contributed by atoms with Crippen molar-refractivity contribution >= 4 is 40.8 Å². The Balaban J connectivity index is 1.74. The van der Waals surface area contributed by atoms with Crippen LogP contribution in [0.25, 0.3) is 0 Å². The molecule has 1 aliphatic heterocycles. The highest BCUT2D eigenvalue weighted by Crippen LogP contribution is 2.31. The van der Waals surface area contributed by atoms with Crippen molar-refractivity contribution in [2.24, 2.45) is 0 Å². The summed E-state index contributed by atoms with van der Waals surface area (Å²) in [6.07, 6.45) is 0. The maximum Gasteiger partial charge on any atom is 0.323 e. The third-order valence-electron chi connectivity index (χ3n) is 4.26. The number of fused-ring (bicyclic) bond motifs is 1. The lowest BCUT2D eigenvalue weighted by Crippen LogP contribution is -2.45. The van der Waals surface area contributed by atoms with Crippen LogP contribution in [-0.2, 0) is 4.79 Å². The van der Waals surface area contributed by atoms with Crippen LogP contribution in [0.1, 0.15) is 48.4 Å². The Hall–Kier alpha value is -3.68. The van der Waals surface area contributed by atoms with Crippen LogP contribution in [0, 0.1) is 0 Å². The van der Waals surface area contributed by atoms with Gasteiger partial charge in [0.1, 0.15) is 0 Å². The standard InChI is InChI=1S/C21H22N4O4/c1-12(26)22-13-6-5-7-14(10-13)23-20(29)24-15-8-9-16-17(11-15)19(28)25(18(16)27)21(2,3)4/h5-11H,1-4H3,(H,22,26)(H2,23,24,29). The molecule has 3 N–H and O–H groups in total. The zero-order valence-electron chi connectivity index (χ0n) is 16.6. The summed E-state index contributed by atoms with van der Waals surface area (Å²) >= 11 is 0. The number of urea groups is 1. The Morgan fingerprint density at radius 1 is 0.793 bits per heavy atom. The van der Waals surface area contributed by atoms with E-state index < -0.39 is 11.6 Å². The molecule has 0 aromatic heterocycles. The zero-order chi connectivity index (χ0) is 21.3. The number of rotatable bonds is 3. The molecule has 3 rings (SSSR count). The molecule has 2 aromatic carbocycles. The normalized spacial score (nSPS) is 13.2. The number of nitrogens with zero attached hydrogens (tertiary/aromatic N) is 1. The van der Waals surface area contributed by atoms with Gasteiger partial charge < -0.3 is 16.0 Å². The van der Waals surface area contributed by atoms with E-state index in [0.717, 1.165) is 0 Å². The van der Waals surface area contributed by atoms with E-state index in [0.29, 0.717) is 22.6 Å². The van der Waals surface area contributed by atoms with Crippen molar-refractivity contribution in [1.29, 1.82) is 0 Å². The summed E-state index contributed by atoms with van der Waals surface area (Å²) in [6, 6.07) is 10.8. The van der Waals surface area contributed by atoms with Gasteiger partial charge in [-0.25, -0.2) is 4.79 Å². The highest BCUT2D eigenvalue weighted by molar-refractivity contribution is 6.22. The maximum atomic E-state index is 12.7. The molecule has 29 heavy (non-hydrogen) atoms. The van der Waals surface area contributed by atoms with Crippen LogP contribution < -0.4 is 16.0 Å². The van der Waals surface area contributed by atoms with E-state index in [2.05, 4.69) is 16.0 Å². The van der Waals surface area contributed by atoms with Gasteiger partial charge in [-0.2, -0.15) is 0 Å². The Morgan fingerprint density at radius 2 is 1.34 bits per heavy atom. The molecule has 0 aliphatic carbocycles. The highest BCUT2D eigenvalue weighted by Gasteiger charge is 2.41. The molecule has 0 bridgehead atoms. The van der Waals surface area contributed by atoms with Gasteiger partial charge in [-0.15, -0.1) is 0 Å². The van der Waals surface area contributed by atoms with Gasteiger partial charge in [0.05, 0.1) is 11.1 Å². The topological polar surface area (TPSA) is 108 Å². The minimum Gasteiger partial charge on any atom is -0.326 e. The molecule has 0 saturated carbocycles. The van der Waals surface area contributed by atoms with Gasteiger partial charge >= 0.3 is 6.03 Å². The highest BCUT2D eigenvalue weighted by atomic mass is 16.2. The van der Waals surface area contributed by atoms with Crippen molar-refractivity contribution in [2.45, 2.75) is 33.2 Å². The van der Waals surface area contributed by atoms with Crippen LogP contribution in [0.15, 0.2) is 42.5 Å². The number of benzene rings is 2. The molecule has 0 atom stereocenters. The monoisotopic (exact) mass is 394 g/mol. The third kappa shape index (κ3) is 4.26. The second-order valence-corrected chi connectivity index (χ2v) is 7.72. The minimum absolute atomic E-state index is 0.215. The molecule has 8 heteroatoms. The zero-order valence-corrected chi connectivity index (χ0v) is 16.6. The fraction of sp³-hybridized carbons (Fsp3) is 0.238. The molecular weight excluding hydrogens is 372 g/mol. The van der Waals surface area contributed by atoms with E-state index in [1.807, 2.05) is 0 Å². The molecule has 8 nitrogen and oxygen atoms in total. The van der Waals surface area contributed by atoms with E-state index >= 15 is 0 Å². The van der Waals surface area contributed by atoms with Crippen LogP contribution in [-0.4, -0.2) is 34.2 Å². The molecule has 0 radical (unpaired) electrons. The fourth-order valence-corrected chi connectivity index (χ4v) is 3.10. The van der Waals surface area contributed by atoms with E-state index in [1.165, 1.54) is 24.0 Å². The SMILES string of the molecule is CC(=O)Nc1cccc(NC(=O)Nc2ccc3c(c2)C(=O)N(C(C)(C)C)C3=O)c1. The van der Waals surface area contributed by atoms with Gasteiger partial charge in [0, 0.05) is 29.5 Å². The van der Waals surface area contributed by atoms with E-state index in [4.69, 9.17) is 0 Å². The summed E-state index contributed by atoms with van der Waals surface area (Å²) in [4.78, 5) is 49.8. The van der Waals surface area contributed by atoms with Crippen molar-refractivity contribution in [2.75, 3.05) is 16.0 Å². The molecule has 1 aliphatic rings. The first-order valence-corrected chi connectivity index (χ1v) is 9.05. The number of amides is 5. The second-order valence-electron chi connectivity index (χ2n) is 7.72. The van der Waals surface area contributed by atoms with Crippen LogP contribution in [0.2, 0.25) is 0 Å². The van der Waals surface area contributed by atoms with Gasteiger partial charge in [0.2, 0.25) is 5.91 Å². The summed E-state index contributed by atoms with van der Waals surface area (Å²) in [6.45, 7) is 6.76. The lowest BCUT2D eigenvalue weighted by atomic mass is 10.1. The molecule has 0 saturated heterocycles. The smallest absolute Gasteiger partial charge is 0.323 e. The van der Waals surface area contributed by atoms with Crippen molar-refractivity contribution in [3.63, 3.8) is 0 Å². The molecule has 0 spiro atoms. The minimum atomic E-state index is -0.642. The summed E-state index contributed by atoms with van der Waals surface area (Å²) in [5.74, 6) is -0.943. The molecule has 1 heterocycles. The van der Waals surface area contributed by atoms with E-state index in [9.17, 15) is 19.2 Å². The van der Waals surface area contributed by atoms with Crippen molar-refractivity contribution in [3.8, 4) is 0 Å². The first-order chi connectivity index (χ1) is 13.6. The van der Waals surface area contributed by atoms with Gasteiger partial charge in [0.25, 0.3) is 11.8 Å². The molecule has 150 valence electrons. The van der Waals surface area contributed by atoms with Crippen molar-refractivity contribution in [3.05, 3.63) is 53.6 Å². The number of hydrogen-bond acceptors (Lipinski definition) is 4. The Morgan fingerprint density at radius 3 is 1.93 bits per heavy atom. The lowest BCUT2D eigenvalue weighted by molar-refractivity contribution is -0.114. The summed E-state index contributed by atoms with van der Waals surface area (Å²) in [5, 5.41) is 7.95. The number of carbonyl (C=O) groups is 4. The average molecular weight is 394 g/mol. The Kier molecular flexibility index (Phi) is 5.11. The summed E-state index contributed by atoms with van der Waals surface area (Å²) < 4.78 is 0. The van der Waals surface area contributed by atoms with Crippen LogP contribution >= 0.6 is 0 Å². The van der Waals surface area contributed by atoms with Crippen LogP contribution in [0.4, 0.5) is 21.9 Å². The van der Waals surface area contributed by atoms with Gasteiger partial charge in [-0.3, -0.25) is 19.3 Å². The predicted octanol–water partition coefficient (Wildman–Crippen LogP) is 3.68. The third-order valence-corrected chi connectivity index (χ3v) is 4.26. The number of anilines is 3. The lowest BCUT2D eigenvalue weighted by Gasteiger charge is -2.29. The number of imide groups is 1. The summed E-state index contributed by atoms with van der Waals surface area (Å²) in [5.41, 5.74) is 1.36. The van der Waals surface area contributed by atoms with E-state index in [1.54, 1.807) is 51.1 Å². The molecule has 2 aromatic rings.